The number of methoxy groups -OCH3 is 1. The second-order valence-corrected chi connectivity index (χ2v) is 5.21. The van der Waals surface area contributed by atoms with Gasteiger partial charge in [0.25, 0.3) is 0 Å². The summed E-state index contributed by atoms with van der Waals surface area (Å²) in [6.45, 7) is 3.96. The summed E-state index contributed by atoms with van der Waals surface area (Å²) in [4.78, 5) is 0. The highest BCUT2D eigenvalue weighted by atomic mass is 32.2. The Hall–Kier alpha value is -0.170. The molecule has 15 heavy (non-hydrogen) atoms. The van der Waals surface area contributed by atoms with Crippen LogP contribution in [-0.4, -0.2) is 47.6 Å². The van der Waals surface area contributed by atoms with Crippen LogP contribution < -0.4 is 4.72 Å². The Kier molecular flexibility index (Phi) is 8.98. The molecule has 0 spiro atoms. The Bertz CT molecular complexity index is 228. The number of hydrogen-bond acceptors (Lipinski definition) is 4. The van der Waals surface area contributed by atoms with Crippen LogP contribution in [0.3, 0.4) is 0 Å². The van der Waals surface area contributed by atoms with Crippen molar-refractivity contribution in [3.05, 3.63) is 0 Å². The lowest BCUT2D eigenvalue weighted by Crippen LogP contribution is -2.26. The molecule has 0 heterocycles. The fourth-order valence-electron chi connectivity index (χ4n) is 0.903. The summed E-state index contributed by atoms with van der Waals surface area (Å²) < 4.78 is 34.6. The Morgan fingerprint density at radius 2 is 1.87 bits per heavy atom. The van der Waals surface area contributed by atoms with E-state index in [4.69, 9.17) is 9.47 Å². The number of hydrogen-bond donors (Lipinski definition) is 1. The minimum absolute atomic E-state index is 0.136. The summed E-state index contributed by atoms with van der Waals surface area (Å²) in [5.74, 6) is 0.136. The molecule has 0 atom stereocenters. The molecule has 0 saturated carbocycles. The molecule has 0 aliphatic heterocycles. The predicted molar refractivity (Wildman–Crippen MR) is 59.4 cm³/mol. The lowest BCUT2D eigenvalue weighted by molar-refractivity contribution is 0.0689. The minimum atomic E-state index is -3.03. The number of nitrogens with one attached hydrogen (secondary N) is 1. The van der Waals surface area contributed by atoms with Gasteiger partial charge in [0.1, 0.15) is 0 Å². The zero-order chi connectivity index (χ0) is 11.6. The van der Waals surface area contributed by atoms with Crippen LogP contribution in [0.1, 0.15) is 19.8 Å². The van der Waals surface area contributed by atoms with Gasteiger partial charge in [-0.15, -0.1) is 0 Å². The largest absolute Gasteiger partial charge is 0.382 e. The third-order valence-corrected chi connectivity index (χ3v) is 3.25. The maximum Gasteiger partial charge on any atom is 0.211 e. The first kappa shape index (κ1) is 14.8. The SMILES string of the molecule is CCS(=O)(=O)NCCCCOCCOC. The zero-order valence-electron chi connectivity index (χ0n) is 9.49. The van der Waals surface area contributed by atoms with Crippen LogP contribution in [-0.2, 0) is 19.5 Å². The first-order chi connectivity index (χ1) is 7.12. The van der Waals surface area contributed by atoms with Gasteiger partial charge >= 0.3 is 0 Å². The molecule has 0 aromatic heterocycles. The summed E-state index contributed by atoms with van der Waals surface area (Å²) in [6.07, 6.45) is 1.65. The van der Waals surface area contributed by atoms with Crippen molar-refractivity contribution in [3.63, 3.8) is 0 Å². The average Bonchev–Trinajstić information content (AvgIpc) is 2.22. The molecule has 0 aromatic rings. The normalized spacial score (nSPS) is 11.9. The van der Waals surface area contributed by atoms with Crippen molar-refractivity contribution >= 4 is 10.0 Å². The molecule has 0 radical (unpaired) electrons. The molecule has 5 nitrogen and oxygen atoms in total. The van der Waals surface area contributed by atoms with Crippen molar-refractivity contribution in [2.45, 2.75) is 19.8 Å². The van der Waals surface area contributed by atoms with E-state index in [1.807, 2.05) is 0 Å². The summed E-state index contributed by atoms with van der Waals surface area (Å²) >= 11 is 0. The van der Waals surface area contributed by atoms with E-state index in [0.717, 1.165) is 12.8 Å². The van der Waals surface area contributed by atoms with Crippen molar-refractivity contribution in [2.24, 2.45) is 0 Å². The highest BCUT2D eigenvalue weighted by Gasteiger charge is 2.03. The molecule has 0 aliphatic carbocycles. The third kappa shape index (κ3) is 10.1. The number of sulfonamides is 1. The van der Waals surface area contributed by atoms with Gasteiger partial charge in [0, 0.05) is 20.3 Å². The van der Waals surface area contributed by atoms with Crippen LogP contribution in [0, 0.1) is 0 Å². The van der Waals surface area contributed by atoms with Crippen molar-refractivity contribution < 1.29 is 17.9 Å². The molecule has 0 rings (SSSR count). The van der Waals surface area contributed by atoms with E-state index in [1.165, 1.54) is 0 Å². The van der Waals surface area contributed by atoms with E-state index in [1.54, 1.807) is 14.0 Å². The quantitative estimate of drug-likeness (QED) is 0.559. The highest BCUT2D eigenvalue weighted by Crippen LogP contribution is 1.90. The van der Waals surface area contributed by atoms with Crippen molar-refractivity contribution in [3.8, 4) is 0 Å². The maximum atomic E-state index is 11.0. The van der Waals surface area contributed by atoms with Crippen LogP contribution in [0.15, 0.2) is 0 Å². The second kappa shape index (κ2) is 9.08. The maximum absolute atomic E-state index is 11.0. The fourth-order valence-corrected chi connectivity index (χ4v) is 1.56. The molecule has 0 amide bonds. The lowest BCUT2D eigenvalue weighted by atomic mass is 10.3. The van der Waals surface area contributed by atoms with Gasteiger partial charge in [-0.2, -0.15) is 0 Å². The van der Waals surface area contributed by atoms with Gasteiger partial charge in [-0.05, 0) is 19.8 Å². The van der Waals surface area contributed by atoms with Crippen molar-refractivity contribution in [1.29, 1.82) is 0 Å². The standard InChI is InChI=1S/C9H21NO4S/c1-3-15(11,12)10-6-4-5-7-14-9-8-13-2/h10H,3-9H2,1-2H3. The summed E-state index contributed by atoms with van der Waals surface area (Å²) in [7, 11) is -1.40. The van der Waals surface area contributed by atoms with E-state index in [9.17, 15) is 8.42 Å². The Balaban J connectivity index is 3.19. The van der Waals surface area contributed by atoms with Crippen LogP contribution in [0.4, 0.5) is 0 Å². The van der Waals surface area contributed by atoms with E-state index in [-0.39, 0.29) is 5.75 Å². The van der Waals surface area contributed by atoms with Crippen LogP contribution >= 0.6 is 0 Å². The lowest BCUT2D eigenvalue weighted by Gasteiger charge is -2.05. The molecule has 0 unspecified atom stereocenters. The predicted octanol–water partition coefficient (Wildman–Crippen LogP) is 0.369. The molecule has 6 heteroatoms. The first-order valence-corrected chi connectivity index (χ1v) is 6.81. The molecule has 1 N–H and O–H groups in total. The monoisotopic (exact) mass is 239 g/mol. The molecular formula is C9H21NO4S. The summed E-state index contributed by atoms with van der Waals surface area (Å²) in [5, 5.41) is 0. The molecule has 0 saturated heterocycles. The molecule has 0 aromatic carbocycles. The topological polar surface area (TPSA) is 64.6 Å². The van der Waals surface area contributed by atoms with Crippen LogP contribution in [0.5, 0.6) is 0 Å². The van der Waals surface area contributed by atoms with Gasteiger partial charge < -0.3 is 9.47 Å². The Morgan fingerprint density at radius 1 is 1.13 bits per heavy atom. The average molecular weight is 239 g/mol. The zero-order valence-corrected chi connectivity index (χ0v) is 10.3. The van der Waals surface area contributed by atoms with Gasteiger partial charge in [0.2, 0.25) is 10.0 Å². The molecule has 0 bridgehead atoms. The van der Waals surface area contributed by atoms with Gasteiger partial charge in [-0.25, -0.2) is 13.1 Å². The number of rotatable bonds is 10. The second-order valence-electron chi connectivity index (χ2n) is 3.11. The van der Waals surface area contributed by atoms with Crippen molar-refractivity contribution in [2.75, 3.05) is 39.2 Å². The van der Waals surface area contributed by atoms with E-state index < -0.39 is 10.0 Å². The smallest absolute Gasteiger partial charge is 0.211 e. The molecule has 0 aliphatic rings. The Labute approximate surface area is 92.2 Å². The fraction of sp³-hybridized carbons (Fsp3) is 1.00. The molecular weight excluding hydrogens is 218 g/mol. The highest BCUT2D eigenvalue weighted by molar-refractivity contribution is 7.89. The van der Waals surface area contributed by atoms with Gasteiger partial charge in [0.05, 0.1) is 19.0 Å². The molecule has 0 fully saturated rings. The minimum Gasteiger partial charge on any atom is -0.382 e. The van der Waals surface area contributed by atoms with Gasteiger partial charge in [0.15, 0.2) is 0 Å². The van der Waals surface area contributed by atoms with Crippen molar-refractivity contribution in [1.82, 2.24) is 4.72 Å². The number of ether oxygens (including phenoxy) is 2. The third-order valence-electron chi connectivity index (χ3n) is 1.85. The Morgan fingerprint density at radius 3 is 2.47 bits per heavy atom. The van der Waals surface area contributed by atoms with Gasteiger partial charge in [-0.3, -0.25) is 0 Å². The van der Waals surface area contributed by atoms with Crippen LogP contribution in [0.2, 0.25) is 0 Å². The van der Waals surface area contributed by atoms with Gasteiger partial charge in [-0.1, -0.05) is 0 Å². The summed E-state index contributed by atoms with van der Waals surface area (Å²) in [6, 6.07) is 0. The molecule has 92 valence electrons. The van der Waals surface area contributed by atoms with E-state index in [0.29, 0.717) is 26.4 Å². The first-order valence-electron chi connectivity index (χ1n) is 5.16. The van der Waals surface area contributed by atoms with E-state index >= 15 is 0 Å². The summed E-state index contributed by atoms with van der Waals surface area (Å²) in [5.41, 5.74) is 0. The van der Waals surface area contributed by atoms with E-state index in [2.05, 4.69) is 4.72 Å². The van der Waals surface area contributed by atoms with Crippen LogP contribution in [0.25, 0.3) is 0 Å². The number of unbranched alkanes of at least 4 members (excludes halogenated alkanes) is 1.